The van der Waals surface area contributed by atoms with Crippen molar-refractivity contribution in [2.24, 2.45) is 0 Å². The fourth-order valence-corrected chi connectivity index (χ4v) is 3.28. The number of amides is 2. The van der Waals surface area contributed by atoms with Crippen molar-refractivity contribution in [1.82, 2.24) is 10.2 Å². The van der Waals surface area contributed by atoms with E-state index >= 15 is 0 Å². The van der Waals surface area contributed by atoms with Gasteiger partial charge in [-0.1, -0.05) is 24.3 Å². The van der Waals surface area contributed by atoms with Gasteiger partial charge in [0.15, 0.2) is 0 Å². The van der Waals surface area contributed by atoms with Crippen LogP contribution in [0.1, 0.15) is 11.6 Å². The first-order valence-electron chi connectivity index (χ1n) is 9.35. The molecule has 1 saturated heterocycles. The van der Waals surface area contributed by atoms with Crippen LogP contribution in [0.2, 0.25) is 0 Å². The van der Waals surface area contributed by atoms with Gasteiger partial charge in [-0.05, 0) is 29.8 Å². The number of anilines is 1. The lowest BCUT2D eigenvalue weighted by Gasteiger charge is -2.35. The third kappa shape index (κ3) is 5.15. The highest BCUT2D eigenvalue weighted by atomic mass is 16.5. The number of carbonyl (C=O) groups excluding carboxylic acids is 1. The van der Waals surface area contributed by atoms with Crippen LogP contribution in [-0.2, 0) is 4.74 Å². The molecule has 0 aliphatic carbocycles. The number of rotatable bonds is 7. The van der Waals surface area contributed by atoms with Crippen LogP contribution in [0.15, 0.2) is 48.5 Å². The van der Waals surface area contributed by atoms with Gasteiger partial charge in [-0.3, -0.25) is 4.90 Å². The van der Waals surface area contributed by atoms with Crippen molar-refractivity contribution in [2.75, 3.05) is 52.4 Å². The molecular weight excluding hydrogens is 358 g/mol. The molecule has 0 aromatic heterocycles. The van der Waals surface area contributed by atoms with E-state index in [0.717, 1.165) is 24.4 Å². The average molecular weight is 385 g/mol. The summed E-state index contributed by atoms with van der Waals surface area (Å²) in [4.78, 5) is 14.8. The van der Waals surface area contributed by atoms with Crippen molar-refractivity contribution < 1.29 is 19.0 Å². The quantitative estimate of drug-likeness (QED) is 0.767. The van der Waals surface area contributed by atoms with E-state index in [1.165, 1.54) is 0 Å². The first-order valence-corrected chi connectivity index (χ1v) is 9.35. The Morgan fingerprint density at radius 1 is 1.07 bits per heavy atom. The molecule has 2 aromatic rings. The van der Waals surface area contributed by atoms with Crippen LogP contribution < -0.4 is 20.1 Å². The highest BCUT2D eigenvalue weighted by Crippen LogP contribution is 2.25. The second kappa shape index (κ2) is 9.96. The third-order valence-electron chi connectivity index (χ3n) is 4.80. The standard InChI is InChI=1S/C21H27N3O4/c1-26-17-9-7-16(8-10-17)19(24-11-13-28-14-12-24)15-22-21(25)23-18-5-3-4-6-20(18)27-2/h3-10,19H,11-15H2,1-2H3,(H2,22,23,25). The fraction of sp³-hybridized carbons (Fsp3) is 0.381. The van der Waals surface area contributed by atoms with Gasteiger partial charge in [0.2, 0.25) is 0 Å². The van der Waals surface area contributed by atoms with Gasteiger partial charge in [-0.25, -0.2) is 4.79 Å². The molecule has 1 atom stereocenters. The molecule has 0 spiro atoms. The Hall–Kier alpha value is -2.77. The number of urea groups is 1. The summed E-state index contributed by atoms with van der Waals surface area (Å²) in [7, 11) is 3.23. The van der Waals surface area contributed by atoms with E-state index in [1.54, 1.807) is 20.3 Å². The number of ether oxygens (including phenoxy) is 3. The summed E-state index contributed by atoms with van der Waals surface area (Å²) in [6, 6.07) is 15.1. The highest BCUT2D eigenvalue weighted by Gasteiger charge is 2.23. The third-order valence-corrected chi connectivity index (χ3v) is 4.80. The molecule has 0 bridgehead atoms. The van der Waals surface area contributed by atoms with Crippen molar-refractivity contribution in [3.8, 4) is 11.5 Å². The van der Waals surface area contributed by atoms with Crippen LogP contribution in [0, 0.1) is 0 Å². The predicted molar refractivity (Wildman–Crippen MR) is 108 cm³/mol. The number of hydrogen-bond donors (Lipinski definition) is 2. The van der Waals surface area contributed by atoms with E-state index in [9.17, 15) is 4.79 Å². The Morgan fingerprint density at radius 2 is 1.79 bits per heavy atom. The van der Waals surface area contributed by atoms with Gasteiger partial charge >= 0.3 is 6.03 Å². The van der Waals surface area contributed by atoms with Crippen LogP contribution >= 0.6 is 0 Å². The number of nitrogens with zero attached hydrogens (tertiary/aromatic N) is 1. The minimum atomic E-state index is -0.267. The maximum absolute atomic E-state index is 12.5. The van der Waals surface area contributed by atoms with Crippen molar-refractivity contribution in [2.45, 2.75) is 6.04 Å². The molecule has 1 aliphatic heterocycles. The molecule has 0 saturated carbocycles. The van der Waals surface area contributed by atoms with Crippen molar-refractivity contribution >= 4 is 11.7 Å². The molecule has 28 heavy (non-hydrogen) atoms. The Morgan fingerprint density at radius 3 is 2.46 bits per heavy atom. The molecule has 1 unspecified atom stereocenters. The van der Waals surface area contributed by atoms with Crippen LogP contribution in [0.3, 0.4) is 0 Å². The van der Waals surface area contributed by atoms with E-state index < -0.39 is 0 Å². The van der Waals surface area contributed by atoms with Crippen LogP contribution in [-0.4, -0.2) is 58.0 Å². The summed E-state index contributed by atoms with van der Waals surface area (Å²) in [5.74, 6) is 1.43. The molecular formula is C21H27N3O4. The number of methoxy groups -OCH3 is 2. The number of carbonyl (C=O) groups is 1. The lowest BCUT2D eigenvalue weighted by atomic mass is 10.0. The average Bonchev–Trinajstić information content (AvgIpc) is 2.75. The molecule has 7 nitrogen and oxygen atoms in total. The Labute approximate surface area is 165 Å². The first-order chi connectivity index (χ1) is 13.7. The molecule has 150 valence electrons. The SMILES string of the molecule is COc1ccc(C(CNC(=O)Nc2ccccc2OC)N2CCOCC2)cc1. The summed E-state index contributed by atoms with van der Waals surface area (Å²) in [6.07, 6.45) is 0. The van der Waals surface area contributed by atoms with Gasteiger partial charge in [-0.15, -0.1) is 0 Å². The lowest BCUT2D eigenvalue weighted by molar-refractivity contribution is 0.0167. The molecule has 1 heterocycles. The highest BCUT2D eigenvalue weighted by molar-refractivity contribution is 5.90. The number of morpholine rings is 1. The fourth-order valence-electron chi connectivity index (χ4n) is 3.28. The van der Waals surface area contributed by atoms with Gasteiger partial charge < -0.3 is 24.8 Å². The lowest BCUT2D eigenvalue weighted by Crippen LogP contribution is -2.44. The van der Waals surface area contributed by atoms with E-state index in [2.05, 4.69) is 15.5 Å². The number of benzene rings is 2. The normalized spacial score (nSPS) is 15.5. The summed E-state index contributed by atoms with van der Waals surface area (Å²) >= 11 is 0. The van der Waals surface area contributed by atoms with E-state index in [-0.39, 0.29) is 12.1 Å². The minimum absolute atomic E-state index is 0.0539. The molecule has 3 rings (SSSR count). The Balaban J connectivity index is 1.67. The first kappa shape index (κ1) is 20.0. The van der Waals surface area contributed by atoms with E-state index in [1.807, 2.05) is 42.5 Å². The molecule has 1 fully saturated rings. The van der Waals surface area contributed by atoms with Crippen LogP contribution in [0.5, 0.6) is 11.5 Å². The maximum Gasteiger partial charge on any atom is 0.319 e. The summed E-state index contributed by atoms with van der Waals surface area (Å²) in [5.41, 5.74) is 1.76. The molecule has 7 heteroatoms. The van der Waals surface area contributed by atoms with Crippen LogP contribution in [0.25, 0.3) is 0 Å². The van der Waals surface area contributed by atoms with Crippen molar-refractivity contribution in [3.05, 3.63) is 54.1 Å². The van der Waals surface area contributed by atoms with Gasteiger partial charge in [0, 0.05) is 19.6 Å². The van der Waals surface area contributed by atoms with E-state index in [0.29, 0.717) is 31.2 Å². The Kier molecular flexibility index (Phi) is 7.11. The Bertz CT molecular complexity index is 761. The van der Waals surface area contributed by atoms with Gasteiger partial charge in [-0.2, -0.15) is 0 Å². The number of hydrogen-bond acceptors (Lipinski definition) is 5. The second-order valence-electron chi connectivity index (χ2n) is 6.47. The number of nitrogens with one attached hydrogen (secondary N) is 2. The van der Waals surface area contributed by atoms with Gasteiger partial charge in [0.05, 0.1) is 39.2 Å². The van der Waals surface area contributed by atoms with Crippen molar-refractivity contribution in [3.63, 3.8) is 0 Å². The zero-order chi connectivity index (χ0) is 19.8. The zero-order valence-corrected chi connectivity index (χ0v) is 16.3. The summed E-state index contributed by atoms with van der Waals surface area (Å²) < 4.78 is 16.0. The summed E-state index contributed by atoms with van der Waals surface area (Å²) in [5, 5.41) is 5.84. The molecule has 0 radical (unpaired) electrons. The largest absolute Gasteiger partial charge is 0.497 e. The summed E-state index contributed by atoms with van der Waals surface area (Å²) in [6.45, 7) is 3.52. The number of para-hydroxylation sites is 2. The van der Waals surface area contributed by atoms with E-state index in [4.69, 9.17) is 14.2 Å². The molecule has 2 N–H and O–H groups in total. The monoisotopic (exact) mass is 385 g/mol. The maximum atomic E-state index is 12.5. The van der Waals surface area contributed by atoms with Gasteiger partial charge in [0.1, 0.15) is 11.5 Å². The topological polar surface area (TPSA) is 72.1 Å². The molecule has 1 aliphatic rings. The second-order valence-corrected chi connectivity index (χ2v) is 6.47. The van der Waals surface area contributed by atoms with Gasteiger partial charge in [0.25, 0.3) is 0 Å². The van der Waals surface area contributed by atoms with Crippen LogP contribution in [0.4, 0.5) is 10.5 Å². The smallest absolute Gasteiger partial charge is 0.319 e. The molecule has 2 aromatic carbocycles. The zero-order valence-electron chi connectivity index (χ0n) is 16.3. The predicted octanol–water partition coefficient (Wildman–Crippen LogP) is 2.90. The van der Waals surface area contributed by atoms with Crippen molar-refractivity contribution in [1.29, 1.82) is 0 Å². The minimum Gasteiger partial charge on any atom is -0.497 e. The molecule has 2 amide bonds.